The molecule has 0 unspecified atom stereocenters. The lowest BCUT2D eigenvalue weighted by Crippen LogP contribution is -2.25. The van der Waals surface area contributed by atoms with E-state index in [2.05, 4.69) is 15.5 Å². The zero-order valence-corrected chi connectivity index (χ0v) is 21.4. The van der Waals surface area contributed by atoms with Crippen molar-refractivity contribution in [3.05, 3.63) is 106 Å². The Hall–Kier alpha value is -3.34. The highest BCUT2D eigenvalue weighted by atomic mass is 35.5. The van der Waals surface area contributed by atoms with Crippen molar-refractivity contribution in [2.24, 2.45) is 0 Å². The number of benzene rings is 3. The first-order chi connectivity index (χ1) is 17.5. The van der Waals surface area contributed by atoms with Crippen LogP contribution in [0.25, 0.3) is 5.69 Å². The van der Waals surface area contributed by atoms with E-state index in [4.69, 9.17) is 16.3 Å². The fourth-order valence-corrected chi connectivity index (χ4v) is 4.83. The molecule has 0 saturated carbocycles. The number of hydrogen-bond donors (Lipinski definition) is 1. The number of nitrogens with one attached hydrogen (secondary N) is 1. The van der Waals surface area contributed by atoms with Crippen molar-refractivity contribution in [3.63, 3.8) is 0 Å². The first kappa shape index (κ1) is 25.7. The number of carbonyl (C=O) groups is 2. The standard InChI is InChI=1S/C25H20ClFN4O3S2/c1-35-36-24-30-29-22(14-28-25(33)34-15-16-7-3-2-4-8-16)31(24)21-12-11-17(26)13-19(21)23(32)18-9-5-6-10-20(18)27/h2-13H,14-15H2,1H3,(H,28,33). The van der Waals surface area contributed by atoms with Crippen LogP contribution in [0.15, 0.2) is 78.0 Å². The molecule has 1 heterocycles. The third kappa shape index (κ3) is 6.07. The molecule has 0 saturated heterocycles. The molecule has 184 valence electrons. The number of aromatic nitrogens is 3. The second kappa shape index (κ2) is 12.1. The van der Waals surface area contributed by atoms with E-state index in [0.717, 1.165) is 5.56 Å². The summed E-state index contributed by atoms with van der Waals surface area (Å²) in [7, 11) is 2.76. The maximum atomic E-state index is 14.4. The Balaban J connectivity index is 1.63. The lowest BCUT2D eigenvalue weighted by molar-refractivity contribution is 0.103. The molecule has 0 spiro atoms. The Labute approximate surface area is 219 Å². The van der Waals surface area contributed by atoms with Crippen molar-refractivity contribution < 1.29 is 18.7 Å². The van der Waals surface area contributed by atoms with Crippen LogP contribution in [0.3, 0.4) is 0 Å². The van der Waals surface area contributed by atoms with Gasteiger partial charge in [0.2, 0.25) is 5.16 Å². The van der Waals surface area contributed by atoms with E-state index in [-0.39, 0.29) is 24.3 Å². The van der Waals surface area contributed by atoms with Crippen LogP contribution in [0.4, 0.5) is 9.18 Å². The van der Waals surface area contributed by atoms with Crippen LogP contribution in [-0.2, 0) is 17.9 Å². The Kier molecular flexibility index (Phi) is 8.63. The Bertz CT molecular complexity index is 1380. The summed E-state index contributed by atoms with van der Waals surface area (Å²) in [5.74, 6) is -0.826. The first-order valence-electron chi connectivity index (χ1n) is 10.7. The zero-order chi connectivity index (χ0) is 25.5. The maximum Gasteiger partial charge on any atom is 0.407 e. The Morgan fingerprint density at radius 2 is 1.78 bits per heavy atom. The van der Waals surface area contributed by atoms with E-state index in [9.17, 15) is 14.0 Å². The van der Waals surface area contributed by atoms with Crippen molar-refractivity contribution in [1.82, 2.24) is 20.1 Å². The highest BCUT2D eigenvalue weighted by Gasteiger charge is 2.23. The maximum absolute atomic E-state index is 14.4. The summed E-state index contributed by atoms with van der Waals surface area (Å²) in [4.78, 5) is 25.6. The number of carbonyl (C=O) groups excluding carboxylic acids is 2. The van der Waals surface area contributed by atoms with Crippen molar-refractivity contribution in [2.45, 2.75) is 18.3 Å². The number of ether oxygens (including phenoxy) is 1. The number of hydrogen-bond acceptors (Lipinski definition) is 7. The zero-order valence-electron chi connectivity index (χ0n) is 19.0. The number of alkyl carbamates (subject to hydrolysis) is 1. The predicted molar refractivity (Wildman–Crippen MR) is 139 cm³/mol. The van der Waals surface area contributed by atoms with E-state index in [1.807, 2.05) is 36.6 Å². The molecule has 4 aromatic rings. The van der Waals surface area contributed by atoms with Gasteiger partial charge in [0.1, 0.15) is 12.4 Å². The molecular formula is C25H20ClFN4O3S2. The van der Waals surface area contributed by atoms with Gasteiger partial charge < -0.3 is 10.1 Å². The van der Waals surface area contributed by atoms with Gasteiger partial charge in [0.05, 0.1) is 17.8 Å². The molecule has 4 rings (SSSR count). The molecule has 36 heavy (non-hydrogen) atoms. The molecule has 1 amide bonds. The third-order valence-electron chi connectivity index (χ3n) is 5.02. The second-order valence-corrected chi connectivity index (χ2v) is 10.2. The van der Waals surface area contributed by atoms with Crippen LogP contribution in [0.1, 0.15) is 27.3 Å². The van der Waals surface area contributed by atoms with Crippen LogP contribution in [0.2, 0.25) is 5.02 Å². The SMILES string of the molecule is CSSc1nnc(CNC(=O)OCc2ccccc2)n1-c1ccc(Cl)cc1C(=O)c1ccccc1F. The quantitative estimate of drug-likeness (QED) is 0.202. The summed E-state index contributed by atoms with van der Waals surface area (Å²) in [6, 6.07) is 19.8. The van der Waals surface area contributed by atoms with Crippen molar-refractivity contribution >= 4 is 45.1 Å². The van der Waals surface area contributed by atoms with Crippen molar-refractivity contribution in [2.75, 3.05) is 6.26 Å². The minimum atomic E-state index is -0.640. The summed E-state index contributed by atoms with van der Waals surface area (Å²) in [5.41, 5.74) is 1.34. The molecule has 1 aromatic heterocycles. The third-order valence-corrected chi connectivity index (χ3v) is 6.79. The highest BCUT2D eigenvalue weighted by molar-refractivity contribution is 8.76. The minimum absolute atomic E-state index is 0.0223. The molecule has 0 bridgehead atoms. The van der Waals surface area contributed by atoms with Crippen LogP contribution in [-0.4, -0.2) is 32.9 Å². The smallest absolute Gasteiger partial charge is 0.407 e. The molecular weight excluding hydrogens is 523 g/mol. The number of ketones is 1. The van der Waals surface area contributed by atoms with Crippen LogP contribution < -0.4 is 5.32 Å². The summed E-state index contributed by atoms with van der Waals surface area (Å²) in [6.45, 7) is 0.0942. The largest absolute Gasteiger partial charge is 0.445 e. The first-order valence-corrected chi connectivity index (χ1v) is 13.6. The van der Waals surface area contributed by atoms with Gasteiger partial charge in [-0.25, -0.2) is 9.18 Å². The average Bonchev–Trinajstić information content (AvgIpc) is 3.29. The number of rotatable bonds is 9. The van der Waals surface area contributed by atoms with Gasteiger partial charge in [-0.2, -0.15) is 0 Å². The lowest BCUT2D eigenvalue weighted by Gasteiger charge is -2.15. The fourth-order valence-electron chi connectivity index (χ4n) is 3.39. The Morgan fingerprint density at radius 3 is 2.53 bits per heavy atom. The minimum Gasteiger partial charge on any atom is -0.445 e. The lowest BCUT2D eigenvalue weighted by atomic mass is 10.0. The average molecular weight is 543 g/mol. The van der Waals surface area contributed by atoms with E-state index in [1.54, 1.807) is 22.8 Å². The normalized spacial score (nSPS) is 10.8. The summed E-state index contributed by atoms with van der Waals surface area (Å²) in [6.07, 6.45) is 1.24. The Morgan fingerprint density at radius 1 is 1.03 bits per heavy atom. The van der Waals surface area contributed by atoms with E-state index in [1.165, 1.54) is 45.9 Å². The number of nitrogens with zero attached hydrogens (tertiary/aromatic N) is 3. The molecule has 0 fully saturated rings. The van der Waals surface area contributed by atoms with Gasteiger partial charge in [-0.3, -0.25) is 9.36 Å². The summed E-state index contributed by atoms with van der Waals surface area (Å²) in [5, 5.41) is 11.9. The molecule has 3 aromatic carbocycles. The van der Waals surface area contributed by atoms with Gasteiger partial charge in [0.15, 0.2) is 11.6 Å². The fraction of sp³-hybridized carbons (Fsp3) is 0.120. The molecule has 0 aliphatic heterocycles. The molecule has 0 radical (unpaired) electrons. The molecule has 0 aliphatic carbocycles. The van der Waals surface area contributed by atoms with Gasteiger partial charge in [0.25, 0.3) is 0 Å². The van der Waals surface area contributed by atoms with Crippen molar-refractivity contribution in [3.8, 4) is 5.69 Å². The predicted octanol–water partition coefficient (Wildman–Crippen LogP) is 6.09. The van der Waals surface area contributed by atoms with E-state index < -0.39 is 17.7 Å². The van der Waals surface area contributed by atoms with Crippen LogP contribution >= 0.6 is 33.2 Å². The van der Waals surface area contributed by atoms with Gasteiger partial charge in [-0.1, -0.05) is 64.9 Å². The number of halogens is 2. The van der Waals surface area contributed by atoms with Gasteiger partial charge >= 0.3 is 6.09 Å². The van der Waals surface area contributed by atoms with Crippen LogP contribution in [0, 0.1) is 5.82 Å². The monoisotopic (exact) mass is 542 g/mol. The summed E-state index contributed by atoms with van der Waals surface area (Å²) < 4.78 is 21.3. The molecule has 11 heteroatoms. The van der Waals surface area contributed by atoms with E-state index in [0.29, 0.717) is 21.7 Å². The summed E-state index contributed by atoms with van der Waals surface area (Å²) >= 11 is 6.21. The van der Waals surface area contributed by atoms with Crippen molar-refractivity contribution in [1.29, 1.82) is 0 Å². The topological polar surface area (TPSA) is 86.1 Å². The second-order valence-electron chi connectivity index (χ2n) is 7.37. The van der Waals surface area contributed by atoms with E-state index >= 15 is 0 Å². The highest BCUT2D eigenvalue weighted by Crippen LogP contribution is 2.32. The molecule has 1 N–H and O–H groups in total. The number of amides is 1. The van der Waals surface area contributed by atoms with Gasteiger partial charge in [-0.05, 0) is 52.9 Å². The molecule has 0 atom stereocenters. The van der Waals surface area contributed by atoms with Crippen LogP contribution in [0.5, 0.6) is 0 Å². The van der Waals surface area contributed by atoms with Gasteiger partial charge in [0, 0.05) is 10.6 Å². The molecule has 7 nitrogen and oxygen atoms in total. The van der Waals surface area contributed by atoms with Gasteiger partial charge in [-0.15, -0.1) is 10.2 Å². The molecule has 0 aliphatic rings.